The predicted molar refractivity (Wildman–Crippen MR) is 88.6 cm³/mol. The van der Waals surface area contributed by atoms with Gasteiger partial charge in [0.1, 0.15) is 11.6 Å². The molecule has 0 spiro atoms. The SMILES string of the molecule is CC(C)c1nc2cc(N[C@@H](C)C(=O)N3CCOCC3)ccc2o1. The number of ether oxygens (including phenoxy) is 1. The molecular formula is C17H23N3O3. The fraction of sp³-hybridized carbons (Fsp3) is 0.529. The molecule has 6 nitrogen and oxygen atoms in total. The molecule has 2 aromatic rings. The zero-order valence-electron chi connectivity index (χ0n) is 13.8. The molecule has 1 amide bonds. The molecule has 0 aliphatic carbocycles. The van der Waals surface area contributed by atoms with Crippen LogP contribution in [0.3, 0.4) is 0 Å². The van der Waals surface area contributed by atoms with E-state index in [1.807, 2.05) is 43.9 Å². The van der Waals surface area contributed by atoms with Crippen molar-refractivity contribution in [2.24, 2.45) is 0 Å². The summed E-state index contributed by atoms with van der Waals surface area (Å²) >= 11 is 0. The molecule has 2 heterocycles. The molecule has 1 aliphatic rings. The number of anilines is 1. The summed E-state index contributed by atoms with van der Waals surface area (Å²) in [5.41, 5.74) is 2.45. The third-order valence-corrected chi connectivity index (χ3v) is 3.97. The van der Waals surface area contributed by atoms with Crippen LogP contribution in [0.1, 0.15) is 32.6 Å². The number of amides is 1. The lowest BCUT2D eigenvalue weighted by Crippen LogP contribution is -2.46. The third-order valence-electron chi connectivity index (χ3n) is 3.97. The summed E-state index contributed by atoms with van der Waals surface area (Å²) in [6, 6.07) is 5.44. The van der Waals surface area contributed by atoms with E-state index in [-0.39, 0.29) is 17.9 Å². The van der Waals surface area contributed by atoms with Crippen LogP contribution in [-0.2, 0) is 9.53 Å². The lowest BCUT2D eigenvalue weighted by atomic mass is 10.2. The zero-order chi connectivity index (χ0) is 16.4. The quantitative estimate of drug-likeness (QED) is 0.939. The van der Waals surface area contributed by atoms with Crippen LogP contribution < -0.4 is 5.32 Å². The summed E-state index contributed by atoms with van der Waals surface area (Å²) in [4.78, 5) is 18.8. The first-order chi connectivity index (χ1) is 11.0. The van der Waals surface area contributed by atoms with E-state index in [1.54, 1.807) is 0 Å². The second-order valence-corrected chi connectivity index (χ2v) is 6.19. The molecule has 1 aromatic heterocycles. The smallest absolute Gasteiger partial charge is 0.244 e. The van der Waals surface area contributed by atoms with Crippen LogP contribution in [0.4, 0.5) is 5.69 Å². The molecule has 1 aromatic carbocycles. The maximum atomic E-state index is 12.4. The van der Waals surface area contributed by atoms with Crippen molar-refractivity contribution >= 4 is 22.7 Å². The summed E-state index contributed by atoms with van der Waals surface area (Å²) in [7, 11) is 0. The van der Waals surface area contributed by atoms with Gasteiger partial charge in [-0.05, 0) is 25.1 Å². The van der Waals surface area contributed by atoms with Crippen molar-refractivity contribution in [3.63, 3.8) is 0 Å². The Kier molecular flexibility index (Phi) is 4.52. The summed E-state index contributed by atoms with van der Waals surface area (Å²) in [6.45, 7) is 8.52. The molecule has 1 aliphatic heterocycles. The second-order valence-electron chi connectivity index (χ2n) is 6.19. The van der Waals surface area contributed by atoms with Crippen LogP contribution in [0.25, 0.3) is 11.1 Å². The van der Waals surface area contributed by atoms with E-state index in [1.165, 1.54) is 0 Å². The number of rotatable bonds is 4. The number of morpholine rings is 1. The molecule has 0 bridgehead atoms. The van der Waals surface area contributed by atoms with Gasteiger partial charge >= 0.3 is 0 Å². The van der Waals surface area contributed by atoms with E-state index in [0.717, 1.165) is 22.7 Å². The van der Waals surface area contributed by atoms with Gasteiger partial charge in [0.2, 0.25) is 5.91 Å². The summed E-state index contributed by atoms with van der Waals surface area (Å²) < 4.78 is 11.0. The highest BCUT2D eigenvalue weighted by atomic mass is 16.5. The summed E-state index contributed by atoms with van der Waals surface area (Å²) in [5.74, 6) is 1.08. The monoisotopic (exact) mass is 317 g/mol. The summed E-state index contributed by atoms with van der Waals surface area (Å²) in [6.07, 6.45) is 0. The minimum Gasteiger partial charge on any atom is -0.440 e. The number of hydrogen-bond acceptors (Lipinski definition) is 5. The van der Waals surface area contributed by atoms with Gasteiger partial charge in [0, 0.05) is 24.7 Å². The predicted octanol–water partition coefficient (Wildman–Crippen LogP) is 2.61. The fourth-order valence-corrected chi connectivity index (χ4v) is 2.65. The van der Waals surface area contributed by atoms with E-state index >= 15 is 0 Å². The zero-order valence-corrected chi connectivity index (χ0v) is 13.8. The lowest BCUT2D eigenvalue weighted by molar-refractivity contribution is -0.135. The first-order valence-corrected chi connectivity index (χ1v) is 8.08. The maximum Gasteiger partial charge on any atom is 0.244 e. The molecule has 1 fully saturated rings. The number of aromatic nitrogens is 1. The van der Waals surface area contributed by atoms with Gasteiger partial charge in [0.05, 0.1) is 13.2 Å². The largest absolute Gasteiger partial charge is 0.440 e. The number of carbonyl (C=O) groups excluding carboxylic acids is 1. The van der Waals surface area contributed by atoms with Crippen molar-refractivity contribution in [2.75, 3.05) is 31.6 Å². The Morgan fingerprint density at radius 3 is 2.70 bits per heavy atom. The average Bonchev–Trinajstić information content (AvgIpc) is 2.98. The third kappa shape index (κ3) is 3.47. The number of nitrogens with one attached hydrogen (secondary N) is 1. The van der Waals surface area contributed by atoms with Gasteiger partial charge in [-0.3, -0.25) is 4.79 Å². The van der Waals surface area contributed by atoms with Gasteiger partial charge in [-0.1, -0.05) is 13.8 Å². The number of carbonyl (C=O) groups is 1. The molecule has 1 atom stereocenters. The minimum absolute atomic E-state index is 0.0939. The van der Waals surface area contributed by atoms with Crippen molar-refractivity contribution in [3.8, 4) is 0 Å². The van der Waals surface area contributed by atoms with Gasteiger partial charge < -0.3 is 19.4 Å². The average molecular weight is 317 g/mol. The second kappa shape index (κ2) is 6.58. The molecule has 1 saturated heterocycles. The van der Waals surface area contributed by atoms with E-state index in [0.29, 0.717) is 26.3 Å². The Bertz CT molecular complexity index is 689. The van der Waals surface area contributed by atoms with Crippen LogP contribution in [0, 0.1) is 0 Å². The first kappa shape index (κ1) is 15.8. The fourth-order valence-electron chi connectivity index (χ4n) is 2.65. The first-order valence-electron chi connectivity index (χ1n) is 8.08. The van der Waals surface area contributed by atoms with Crippen LogP contribution in [0.5, 0.6) is 0 Å². The Labute approximate surface area is 135 Å². The van der Waals surface area contributed by atoms with Gasteiger partial charge in [-0.2, -0.15) is 0 Å². The molecular weight excluding hydrogens is 294 g/mol. The Balaban J connectivity index is 1.71. The van der Waals surface area contributed by atoms with Crippen LogP contribution >= 0.6 is 0 Å². The molecule has 6 heteroatoms. The number of fused-ring (bicyclic) bond motifs is 1. The van der Waals surface area contributed by atoms with Crippen LogP contribution in [0.2, 0.25) is 0 Å². The van der Waals surface area contributed by atoms with Crippen molar-refractivity contribution in [3.05, 3.63) is 24.1 Å². The molecule has 0 unspecified atom stereocenters. The maximum absolute atomic E-state index is 12.4. The van der Waals surface area contributed by atoms with Gasteiger partial charge in [0.15, 0.2) is 11.5 Å². The highest BCUT2D eigenvalue weighted by Gasteiger charge is 2.22. The van der Waals surface area contributed by atoms with Crippen LogP contribution in [0.15, 0.2) is 22.6 Å². The van der Waals surface area contributed by atoms with Gasteiger partial charge in [-0.25, -0.2) is 4.98 Å². The van der Waals surface area contributed by atoms with E-state index in [9.17, 15) is 4.79 Å². The van der Waals surface area contributed by atoms with E-state index in [4.69, 9.17) is 9.15 Å². The Morgan fingerprint density at radius 2 is 2.00 bits per heavy atom. The molecule has 23 heavy (non-hydrogen) atoms. The van der Waals surface area contributed by atoms with Gasteiger partial charge in [0.25, 0.3) is 0 Å². The van der Waals surface area contributed by atoms with E-state index in [2.05, 4.69) is 10.3 Å². The highest BCUT2D eigenvalue weighted by molar-refractivity contribution is 5.85. The Morgan fingerprint density at radius 1 is 1.26 bits per heavy atom. The number of benzene rings is 1. The normalized spacial score (nSPS) is 16.8. The van der Waals surface area contributed by atoms with Crippen molar-refractivity contribution < 1.29 is 13.9 Å². The van der Waals surface area contributed by atoms with E-state index < -0.39 is 0 Å². The number of nitrogens with zero attached hydrogens (tertiary/aromatic N) is 2. The van der Waals surface area contributed by atoms with Crippen molar-refractivity contribution in [1.29, 1.82) is 0 Å². The van der Waals surface area contributed by atoms with Gasteiger partial charge in [-0.15, -0.1) is 0 Å². The number of hydrogen-bond donors (Lipinski definition) is 1. The minimum atomic E-state index is -0.290. The Hall–Kier alpha value is -2.08. The number of oxazole rings is 1. The highest BCUT2D eigenvalue weighted by Crippen LogP contribution is 2.24. The molecule has 3 rings (SSSR count). The molecule has 1 N–H and O–H groups in total. The van der Waals surface area contributed by atoms with Crippen molar-refractivity contribution in [2.45, 2.75) is 32.7 Å². The molecule has 0 radical (unpaired) electrons. The standard InChI is InChI=1S/C17H23N3O3/c1-11(2)16-19-14-10-13(4-5-15(14)23-16)18-12(3)17(21)20-6-8-22-9-7-20/h4-5,10-12,18H,6-9H2,1-3H3/t12-/m0/s1. The molecule has 0 saturated carbocycles. The molecule has 124 valence electrons. The topological polar surface area (TPSA) is 67.6 Å². The van der Waals surface area contributed by atoms with Crippen LogP contribution in [-0.4, -0.2) is 48.1 Å². The lowest BCUT2D eigenvalue weighted by Gasteiger charge is -2.29. The summed E-state index contributed by atoms with van der Waals surface area (Å²) in [5, 5.41) is 3.26. The van der Waals surface area contributed by atoms with Crippen molar-refractivity contribution in [1.82, 2.24) is 9.88 Å².